The second-order valence-corrected chi connectivity index (χ2v) is 12.8. The molecule has 0 aliphatic carbocycles. The molecule has 2 aliphatic heterocycles. The molecule has 3 aromatic heterocycles. The van der Waals surface area contributed by atoms with E-state index < -0.39 is 0 Å². The molecule has 5 aromatic carbocycles. The van der Waals surface area contributed by atoms with Gasteiger partial charge in [-0.3, -0.25) is 0 Å². The Morgan fingerprint density at radius 3 is 1.40 bits per heavy atom. The third-order valence-electron chi connectivity index (χ3n) is 9.66. The molecule has 8 aromatic rings. The van der Waals surface area contributed by atoms with Crippen LogP contribution in [0.5, 0.6) is 0 Å². The number of aromatic amines is 2. The van der Waals surface area contributed by atoms with Gasteiger partial charge in [-0.1, -0.05) is 129 Å². The van der Waals surface area contributed by atoms with Crippen molar-refractivity contribution in [3.63, 3.8) is 0 Å². The summed E-state index contributed by atoms with van der Waals surface area (Å²) in [7, 11) is 0. The highest BCUT2D eigenvalue weighted by atomic mass is 15.1. The Morgan fingerprint density at radius 1 is 0.420 bits per heavy atom. The van der Waals surface area contributed by atoms with Crippen LogP contribution in [0.25, 0.3) is 101 Å². The molecule has 0 unspecified atom stereocenters. The Bertz CT molecular complexity index is 2810. The molecule has 0 amide bonds. The Hall–Kier alpha value is -6.54. The van der Waals surface area contributed by atoms with E-state index in [0.29, 0.717) is 45.9 Å². The van der Waals surface area contributed by atoms with Crippen molar-refractivity contribution >= 4 is 44.1 Å². The fourth-order valence-corrected chi connectivity index (χ4v) is 7.16. The van der Waals surface area contributed by atoms with E-state index in [0.717, 1.165) is 61.3 Å². The van der Waals surface area contributed by atoms with Gasteiger partial charge in [-0.05, 0) is 29.5 Å². The van der Waals surface area contributed by atoms with Crippen LogP contribution in [0.4, 0.5) is 0 Å². The summed E-state index contributed by atoms with van der Waals surface area (Å²) in [6.07, 6.45) is 3.43. The Morgan fingerprint density at radius 2 is 0.860 bits per heavy atom. The zero-order valence-electron chi connectivity index (χ0n) is 27.3. The minimum Gasteiger partial charge on any atom is -0.324 e. The molecule has 8 bridgehead atoms. The van der Waals surface area contributed by atoms with Crippen LogP contribution >= 0.6 is 0 Å². The normalized spacial score (nSPS) is 11.9. The number of fused-ring (bicyclic) bond motifs is 20. The fourth-order valence-electron chi connectivity index (χ4n) is 7.16. The Labute approximate surface area is 287 Å². The first kappa shape index (κ1) is 28.5. The summed E-state index contributed by atoms with van der Waals surface area (Å²) in [5.74, 6) is 2.36. The van der Waals surface area contributed by atoms with E-state index in [1.165, 1.54) is 18.4 Å². The monoisotopic (exact) mass is 646 g/mol. The first-order chi connectivity index (χ1) is 24.7. The number of hydrogen-bond donors (Lipinski definition) is 2. The molecule has 10 rings (SSSR count). The van der Waals surface area contributed by atoms with Crippen molar-refractivity contribution in [2.45, 2.75) is 26.2 Å². The van der Waals surface area contributed by atoms with E-state index in [9.17, 15) is 0 Å². The second kappa shape index (κ2) is 11.3. The van der Waals surface area contributed by atoms with Gasteiger partial charge in [-0.25, -0.2) is 29.9 Å². The molecule has 0 radical (unpaired) electrons. The molecule has 8 nitrogen and oxygen atoms in total. The van der Waals surface area contributed by atoms with Crippen LogP contribution in [0.1, 0.15) is 25.3 Å². The largest absolute Gasteiger partial charge is 0.324 e. The molecule has 0 atom stereocenters. The van der Waals surface area contributed by atoms with Crippen LogP contribution in [0.15, 0.2) is 115 Å². The number of rotatable bonds is 4. The maximum Gasteiger partial charge on any atom is 0.164 e. The third kappa shape index (κ3) is 4.53. The van der Waals surface area contributed by atoms with Crippen LogP contribution in [0.2, 0.25) is 0 Å². The van der Waals surface area contributed by atoms with E-state index in [1.54, 1.807) is 0 Å². The van der Waals surface area contributed by atoms with E-state index in [4.69, 9.17) is 29.9 Å². The Kier molecular flexibility index (Phi) is 6.42. The van der Waals surface area contributed by atoms with Gasteiger partial charge in [-0.2, -0.15) is 0 Å². The lowest BCUT2D eigenvalue weighted by atomic mass is 9.98. The molecular formula is C42H30N8. The highest BCUT2D eigenvalue weighted by Crippen LogP contribution is 2.38. The zero-order chi connectivity index (χ0) is 33.2. The standard InChI is InChI=1S/C42H30N8/c1-2-3-11-24-20-22-25(23-21-24)26-18-10-19-33-34(26)42-49-40-32-17-9-8-16-31(32)38(47-40)45-36-28-13-5-4-12-27(28)35(43-36)44-37-29-14-6-7-15-30(29)39(46-37)48-41(33)50-42/h4-10,12-23H,2-3,11H2,1H3,(H2,43,44,45,46,47,48,49,50). The van der Waals surface area contributed by atoms with E-state index >= 15 is 0 Å². The minimum atomic E-state index is 0.589. The maximum atomic E-state index is 5.26. The van der Waals surface area contributed by atoms with Crippen LogP contribution in [0, 0.1) is 0 Å². The Balaban J connectivity index is 1.34. The molecule has 50 heavy (non-hydrogen) atoms. The average molecular weight is 647 g/mol. The molecule has 0 fully saturated rings. The van der Waals surface area contributed by atoms with Crippen LogP contribution in [-0.4, -0.2) is 39.9 Å². The predicted octanol–water partition coefficient (Wildman–Crippen LogP) is 9.88. The average Bonchev–Trinajstić information content (AvgIpc) is 3.90. The maximum absolute atomic E-state index is 5.26. The smallest absolute Gasteiger partial charge is 0.164 e. The molecule has 0 saturated carbocycles. The summed E-state index contributed by atoms with van der Waals surface area (Å²) < 4.78 is 0. The molecule has 2 aliphatic rings. The third-order valence-corrected chi connectivity index (χ3v) is 9.66. The number of nitrogens with one attached hydrogen (secondary N) is 2. The number of nitrogens with zero attached hydrogens (tertiary/aromatic N) is 6. The zero-order valence-corrected chi connectivity index (χ0v) is 27.3. The summed E-state index contributed by atoms with van der Waals surface area (Å²) in [5.41, 5.74) is 9.93. The fraction of sp³-hybridized carbons (Fsp3) is 0.0952. The quantitative estimate of drug-likeness (QED) is 0.197. The van der Waals surface area contributed by atoms with E-state index in [1.807, 2.05) is 60.7 Å². The number of aryl methyl sites for hydroxylation is 1. The highest BCUT2D eigenvalue weighted by molar-refractivity contribution is 6.12. The van der Waals surface area contributed by atoms with Crippen molar-refractivity contribution in [3.05, 3.63) is 121 Å². The van der Waals surface area contributed by atoms with Crippen molar-refractivity contribution in [1.82, 2.24) is 39.9 Å². The van der Waals surface area contributed by atoms with Gasteiger partial charge >= 0.3 is 0 Å². The lowest BCUT2D eigenvalue weighted by Gasteiger charge is -2.06. The molecule has 0 spiro atoms. The molecule has 0 saturated heterocycles. The van der Waals surface area contributed by atoms with Gasteiger partial charge in [0, 0.05) is 43.8 Å². The van der Waals surface area contributed by atoms with Crippen molar-refractivity contribution in [2.24, 2.45) is 0 Å². The van der Waals surface area contributed by atoms with Crippen molar-refractivity contribution in [3.8, 4) is 56.7 Å². The van der Waals surface area contributed by atoms with Crippen molar-refractivity contribution in [2.75, 3.05) is 0 Å². The summed E-state index contributed by atoms with van der Waals surface area (Å²) in [5, 5.41) is 3.83. The summed E-state index contributed by atoms with van der Waals surface area (Å²) in [6.45, 7) is 2.23. The lowest BCUT2D eigenvalue weighted by Crippen LogP contribution is -1.86. The number of aromatic nitrogens is 8. The van der Waals surface area contributed by atoms with Gasteiger partial charge in [0.1, 0.15) is 22.6 Å². The van der Waals surface area contributed by atoms with Gasteiger partial charge in [0.2, 0.25) is 0 Å². The second-order valence-electron chi connectivity index (χ2n) is 12.8. The first-order valence-corrected chi connectivity index (χ1v) is 17.0. The molecule has 238 valence electrons. The molecule has 5 heterocycles. The van der Waals surface area contributed by atoms with Gasteiger partial charge in [-0.15, -0.1) is 0 Å². The topological polar surface area (TPSA) is 109 Å². The van der Waals surface area contributed by atoms with Gasteiger partial charge in [0.25, 0.3) is 0 Å². The number of unbranched alkanes of at least 4 members (excludes halogenated alkanes) is 1. The molecule has 2 N–H and O–H groups in total. The van der Waals surface area contributed by atoms with Crippen LogP contribution in [0.3, 0.4) is 0 Å². The highest BCUT2D eigenvalue weighted by Gasteiger charge is 2.22. The van der Waals surface area contributed by atoms with E-state index in [2.05, 4.69) is 71.5 Å². The van der Waals surface area contributed by atoms with Gasteiger partial charge < -0.3 is 9.97 Å². The molecule has 8 heteroatoms. The van der Waals surface area contributed by atoms with Gasteiger partial charge in [0.05, 0.1) is 0 Å². The minimum absolute atomic E-state index is 0.589. The predicted molar refractivity (Wildman–Crippen MR) is 200 cm³/mol. The van der Waals surface area contributed by atoms with E-state index in [-0.39, 0.29) is 0 Å². The van der Waals surface area contributed by atoms with Crippen LogP contribution < -0.4 is 0 Å². The SMILES string of the molecule is CCCCc1ccc(-c2cccc3c4nc5nc(nc6[nH]c(nc7nc(nc([nH]4)c23)-c2ccccc2-7)c2ccccc62)-c2ccccc2-5)cc1. The van der Waals surface area contributed by atoms with Crippen molar-refractivity contribution < 1.29 is 0 Å². The summed E-state index contributed by atoms with van der Waals surface area (Å²) in [6, 6.07) is 39.6. The van der Waals surface area contributed by atoms with Crippen molar-refractivity contribution in [1.29, 1.82) is 0 Å². The first-order valence-electron chi connectivity index (χ1n) is 17.0. The summed E-state index contributed by atoms with van der Waals surface area (Å²) >= 11 is 0. The number of benzene rings is 5. The summed E-state index contributed by atoms with van der Waals surface area (Å²) in [4.78, 5) is 37.8. The number of H-pyrrole nitrogens is 2. The lowest BCUT2D eigenvalue weighted by molar-refractivity contribution is 0.795. The van der Waals surface area contributed by atoms with Gasteiger partial charge in [0.15, 0.2) is 23.3 Å². The molecular weight excluding hydrogens is 617 g/mol. The number of hydrogen-bond acceptors (Lipinski definition) is 6. The van der Waals surface area contributed by atoms with Crippen LogP contribution in [-0.2, 0) is 6.42 Å².